The molecule has 0 unspecified atom stereocenters. The van der Waals surface area contributed by atoms with E-state index < -0.39 is 9.84 Å². The van der Waals surface area contributed by atoms with E-state index in [1.165, 1.54) is 20.3 Å². The average molecular weight is 352 g/mol. The molecule has 0 fully saturated rings. The highest BCUT2D eigenvalue weighted by Crippen LogP contribution is 2.36. The van der Waals surface area contributed by atoms with E-state index in [1.807, 2.05) is 0 Å². The monoisotopic (exact) mass is 351 g/mol. The highest BCUT2D eigenvalue weighted by atomic mass is 35.5. The topological polar surface area (TPSA) is 65.0 Å². The number of rotatable bonds is 3. The van der Waals surface area contributed by atoms with E-state index >= 15 is 0 Å². The fourth-order valence-electron chi connectivity index (χ4n) is 2.46. The first-order valence-electron chi connectivity index (χ1n) is 6.76. The Balaban J connectivity index is 2.24. The van der Waals surface area contributed by atoms with Gasteiger partial charge in [-0.3, -0.25) is 4.99 Å². The molecule has 0 aromatic heterocycles. The maximum Gasteiger partial charge on any atom is 0.199 e. The first kappa shape index (κ1) is 15.8. The molecule has 0 amide bonds. The Morgan fingerprint density at radius 3 is 2.26 bits per heavy atom. The van der Waals surface area contributed by atoms with Gasteiger partial charge in [0.2, 0.25) is 0 Å². The van der Waals surface area contributed by atoms with Crippen LogP contribution in [0.15, 0.2) is 46.3 Å². The number of ether oxygens (including phenoxy) is 2. The molecule has 0 radical (unpaired) electrons. The minimum Gasteiger partial charge on any atom is -0.493 e. The van der Waals surface area contributed by atoms with E-state index in [9.17, 15) is 8.42 Å². The van der Waals surface area contributed by atoms with Gasteiger partial charge in [-0.1, -0.05) is 23.7 Å². The number of halogens is 1. The first-order chi connectivity index (χ1) is 11.0. The van der Waals surface area contributed by atoms with Crippen LogP contribution in [-0.2, 0) is 9.84 Å². The Morgan fingerprint density at radius 1 is 1.04 bits per heavy atom. The molecule has 1 heterocycles. The van der Waals surface area contributed by atoms with Gasteiger partial charge in [-0.05, 0) is 18.2 Å². The number of nitrogens with zero attached hydrogens (tertiary/aromatic N) is 1. The van der Waals surface area contributed by atoms with Gasteiger partial charge in [0.15, 0.2) is 21.3 Å². The lowest BCUT2D eigenvalue weighted by Crippen LogP contribution is -2.20. The summed E-state index contributed by atoms with van der Waals surface area (Å²) in [4.78, 5) is 4.43. The summed E-state index contributed by atoms with van der Waals surface area (Å²) in [5, 5.41) is 0.602. The largest absolute Gasteiger partial charge is 0.493 e. The summed E-state index contributed by atoms with van der Waals surface area (Å²) < 4.78 is 35.2. The molecule has 0 bridgehead atoms. The van der Waals surface area contributed by atoms with Crippen LogP contribution in [-0.4, -0.2) is 34.2 Å². The van der Waals surface area contributed by atoms with Gasteiger partial charge in [-0.15, -0.1) is 0 Å². The molecule has 2 aromatic rings. The lowest BCUT2D eigenvalue weighted by atomic mass is 10.0. The lowest BCUT2D eigenvalue weighted by Gasteiger charge is -2.20. The molecule has 1 aliphatic heterocycles. The van der Waals surface area contributed by atoms with E-state index in [2.05, 4.69) is 4.99 Å². The number of benzene rings is 2. The Hall–Kier alpha value is -2.05. The molecule has 0 saturated carbocycles. The first-order valence-corrected chi connectivity index (χ1v) is 8.79. The number of aliphatic imine (C=N–C) groups is 1. The fraction of sp³-hybridized carbons (Fsp3) is 0.188. The van der Waals surface area contributed by atoms with Crippen LogP contribution in [0.3, 0.4) is 0 Å². The summed E-state index contributed by atoms with van der Waals surface area (Å²) in [5.41, 5.74) is 1.88. The second-order valence-electron chi connectivity index (χ2n) is 4.96. The Morgan fingerprint density at radius 2 is 1.65 bits per heavy atom. The molecule has 2 aromatic carbocycles. The summed E-state index contributed by atoms with van der Waals surface area (Å²) in [6.07, 6.45) is 0. The van der Waals surface area contributed by atoms with Gasteiger partial charge in [-0.2, -0.15) is 0 Å². The molecule has 5 nitrogen and oxygen atoms in total. The van der Waals surface area contributed by atoms with Crippen molar-refractivity contribution in [3.05, 3.63) is 52.5 Å². The third-order valence-corrected chi connectivity index (χ3v) is 5.32. The van der Waals surface area contributed by atoms with E-state index in [1.54, 1.807) is 30.3 Å². The van der Waals surface area contributed by atoms with Crippen molar-refractivity contribution in [1.29, 1.82) is 0 Å². The van der Waals surface area contributed by atoms with Gasteiger partial charge in [0.05, 0.1) is 24.8 Å². The molecular weight excluding hydrogens is 338 g/mol. The van der Waals surface area contributed by atoms with Crippen molar-refractivity contribution >= 4 is 27.1 Å². The number of hydrogen-bond acceptors (Lipinski definition) is 5. The summed E-state index contributed by atoms with van der Waals surface area (Å²) in [5.74, 6) is 0.519. The summed E-state index contributed by atoms with van der Waals surface area (Å²) in [7, 11) is -0.531. The molecule has 0 atom stereocenters. The second-order valence-corrected chi connectivity index (χ2v) is 7.32. The van der Waals surface area contributed by atoms with E-state index in [4.69, 9.17) is 21.1 Å². The van der Waals surface area contributed by atoms with Crippen LogP contribution in [0.4, 0.5) is 0 Å². The summed E-state index contributed by atoms with van der Waals surface area (Å²) >= 11 is 5.91. The average Bonchev–Trinajstić information content (AvgIpc) is 2.55. The predicted octanol–water partition coefficient (Wildman–Crippen LogP) is 2.94. The second kappa shape index (κ2) is 5.86. The molecule has 23 heavy (non-hydrogen) atoms. The third-order valence-electron chi connectivity index (χ3n) is 3.59. The van der Waals surface area contributed by atoms with Crippen LogP contribution in [0, 0.1) is 0 Å². The molecule has 7 heteroatoms. The minimum absolute atomic E-state index is 0.190. The summed E-state index contributed by atoms with van der Waals surface area (Å²) in [6.45, 7) is 0. The van der Waals surface area contributed by atoms with Crippen molar-refractivity contribution in [3.63, 3.8) is 0 Å². The Labute approximate surface area is 139 Å². The standard InChI is InChI=1S/C16H14ClNO4S/c1-21-13-7-12-15(8-14(13)22-2)23(19,20)9-18-16(12)10-3-5-11(17)6-4-10/h3-8H,9H2,1-2H3. The SMILES string of the molecule is COc1cc2c(cc1OC)S(=O)(=O)CN=C2c1ccc(Cl)cc1. The quantitative estimate of drug-likeness (QED) is 0.852. The third kappa shape index (κ3) is 2.80. The molecule has 3 rings (SSSR count). The zero-order chi connectivity index (χ0) is 16.6. The van der Waals surface area contributed by atoms with Crippen LogP contribution in [0.1, 0.15) is 11.1 Å². The van der Waals surface area contributed by atoms with Gasteiger partial charge in [0.1, 0.15) is 5.88 Å². The van der Waals surface area contributed by atoms with Gasteiger partial charge >= 0.3 is 0 Å². The molecule has 0 saturated heterocycles. The van der Waals surface area contributed by atoms with E-state index in [-0.39, 0.29) is 10.8 Å². The molecule has 1 aliphatic rings. The zero-order valence-electron chi connectivity index (χ0n) is 12.5. The molecule has 0 N–H and O–H groups in total. The van der Waals surface area contributed by atoms with Gasteiger partial charge in [-0.25, -0.2) is 8.42 Å². The number of hydrogen-bond donors (Lipinski definition) is 0. The minimum atomic E-state index is -3.50. The van der Waals surface area contributed by atoms with Crippen molar-refractivity contribution in [1.82, 2.24) is 0 Å². The van der Waals surface area contributed by atoms with Crippen molar-refractivity contribution in [2.24, 2.45) is 4.99 Å². The van der Waals surface area contributed by atoms with Crippen molar-refractivity contribution in [2.45, 2.75) is 4.90 Å². The van der Waals surface area contributed by atoms with Crippen molar-refractivity contribution in [2.75, 3.05) is 20.1 Å². The molecule has 0 spiro atoms. The van der Waals surface area contributed by atoms with E-state index in [0.29, 0.717) is 27.8 Å². The number of sulfone groups is 1. The van der Waals surface area contributed by atoms with E-state index in [0.717, 1.165) is 5.56 Å². The van der Waals surface area contributed by atoms with Crippen molar-refractivity contribution in [3.8, 4) is 11.5 Å². The zero-order valence-corrected chi connectivity index (χ0v) is 14.1. The molecule has 0 aliphatic carbocycles. The fourth-order valence-corrected chi connectivity index (χ4v) is 3.80. The Kier molecular flexibility index (Phi) is 4.04. The Bertz CT molecular complexity index is 889. The smallest absolute Gasteiger partial charge is 0.199 e. The predicted molar refractivity (Wildman–Crippen MR) is 88.7 cm³/mol. The lowest BCUT2D eigenvalue weighted by molar-refractivity contribution is 0.353. The number of fused-ring (bicyclic) bond motifs is 1. The maximum absolute atomic E-state index is 12.3. The van der Waals surface area contributed by atoms with Crippen molar-refractivity contribution < 1.29 is 17.9 Å². The van der Waals surface area contributed by atoms with Crippen LogP contribution in [0.2, 0.25) is 5.02 Å². The van der Waals surface area contributed by atoms with Crippen LogP contribution in [0.5, 0.6) is 11.5 Å². The van der Waals surface area contributed by atoms with Crippen LogP contribution < -0.4 is 9.47 Å². The van der Waals surface area contributed by atoms with Gasteiger partial charge in [0, 0.05) is 22.2 Å². The molecule has 120 valence electrons. The molecular formula is C16H14ClNO4S. The highest BCUT2D eigenvalue weighted by Gasteiger charge is 2.29. The van der Waals surface area contributed by atoms with Crippen LogP contribution in [0.25, 0.3) is 0 Å². The maximum atomic E-state index is 12.3. The normalized spacial score (nSPS) is 15.5. The highest BCUT2D eigenvalue weighted by molar-refractivity contribution is 7.91. The summed E-state index contributed by atoms with van der Waals surface area (Å²) in [6, 6.07) is 10.2. The van der Waals surface area contributed by atoms with Gasteiger partial charge in [0.25, 0.3) is 0 Å². The number of methoxy groups -OCH3 is 2. The van der Waals surface area contributed by atoms with Crippen LogP contribution >= 0.6 is 11.6 Å². The van der Waals surface area contributed by atoms with Gasteiger partial charge < -0.3 is 9.47 Å².